The van der Waals surface area contributed by atoms with Crippen LogP contribution in [0.1, 0.15) is 0 Å². The van der Waals surface area contributed by atoms with Gasteiger partial charge in [-0.25, -0.2) is 13.4 Å². The molecule has 0 fully saturated rings. The third-order valence-electron chi connectivity index (χ3n) is 4.57. The van der Waals surface area contributed by atoms with Crippen molar-refractivity contribution in [2.24, 2.45) is 0 Å². The van der Waals surface area contributed by atoms with Gasteiger partial charge in [0.2, 0.25) is 0 Å². The molecule has 5 nitrogen and oxygen atoms in total. The zero-order valence-corrected chi connectivity index (χ0v) is 16.2. The largest absolute Gasteiger partial charge is 0.297 e. The molecule has 5 aromatic rings. The molecule has 0 saturated carbocycles. The molecule has 28 heavy (non-hydrogen) atoms. The van der Waals surface area contributed by atoms with Crippen LogP contribution in [0.4, 0.5) is 5.69 Å². The van der Waals surface area contributed by atoms with Crippen LogP contribution >= 0.6 is 11.3 Å². The molecule has 138 valence electrons. The number of hydrogen-bond donors (Lipinski definition) is 1. The van der Waals surface area contributed by atoms with E-state index in [4.69, 9.17) is 0 Å². The third kappa shape index (κ3) is 2.94. The van der Waals surface area contributed by atoms with Gasteiger partial charge in [-0.2, -0.15) is 0 Å². The van der Waals surface area contributed by atoms with Crippen LogP contribution in [0, 0.1) is 0 Å². The number of nitrogens with zero attached hydrogens (tertiary/aromatic N) is 2. The number of nitrogens with one attached hydrogen (secondary N) is 1. The maximum absolute atomic E-state index is 13.0. The van der Waals surface area contributed by atoms with Gasteiger partial charge in [-0.15, -0.1) is 11.3 Å². The molecule has 3 aromatic carbocycles. The third-order valence-corrected chi connectivity index (χ3v) is 6.71. The predicted octanol–water partition coefficient (Wildman–Crippen LogP) is 5.02. The van der Waals surface area contributed by atoms with Crippen LogP contribution in [-0.4, -0.2) is 17.8 Å². The van der Waals surface area contributed by atoms with E-state index in [-0.39, 0.29) is 4.90 Å². The van der Waals surface area contributed by atoms with Gasteiger partial charge in [0, 0.05) is 23.3 Å². The van der Waals surface area contributed by atoms with Gasteiger partial charge >= 0.3 is 0 Å². The molecule has 0 atom stereocenters. The van der Waals surface area contributed by atoms with E-state index < -0.39 is 10.0 Å². The van der Waals surface area contributed by atoms with E-state index >= 15 is 0 Å². The minimum Gasteiger partial charge on any atom is -0.297 e. The zero-order valence-electron chi connectivity index (χ0n) is 14.6. The first-order valence-corrected chi connectivity index (χ1v) is 11.0. The molecule has 0 saturated heterocycles. The Morgan fingerprint density at radius 3 is 2.57 bits per heavy atom. The molecule has 2 aromatic heterocycles. The van der Waals surface area contributed by atoms with Crippen LogP contribution in [0.15, 0.2) is 89.4 Å². The molecule has 7 heteroatoms. The number of hydrogen-bond acceptors (Lipinski definition) is 4. The van der Waals surface area contributed by atoms with Crippen LogP contribution in [0.2, 0.25) is 0 Å². The van der Waals surface area contributed by atoms with Crippen LogP contribution in [0.25, 0.3) is 27.0 Å². The number of anilines is 1. The Balaban J connectivity index is 1.55. The van der Waals surface area contributed by atoms with Gasteiger partial charge in [0.15, 0.2) is 4.96 Å². The van der Waals surface area contributed by atoms with Crippen LogP contribution in [0.5, 0.6) is 0 Å². The first-order chi connectivity index (χ1) is 13.6. The van der Waals surface area contributed by atoms with Crippen molar-refractivity contribution >= 4 is 42.8 Å². The lowest BCUT2D eigenvalue weighted by Gasteiger charge is -2.12. The van der Waals surface area contributed by atoms with E-state index in [9.17, 15) is 8.42 Å². The Hall–Kier alpha value is -3.16. The number of rotatable bonds is 4. The Bertz CT molecular complexity index is 1390. The summed E-state index contributed by atoms with van der Waals surface area (Å²) in [5.41, 5.74) is 1.97. The van der Waals surface area contributed by atoms with Gasteiger partial charge in [0.25, 0.3) is 10.0 Å². The summed E-state index contributed by atoms with van der Waals surface area (Å²) in [5.74, 6) is 0. The van der Waals surface area contributed by atoms with Crippen molar-refractivity contribution in [1.29, 1.82) is 0 Å². The predicted molar refractivity (Wildman–Crippen MR) is 113 cm³/mol. The highest BCUT2D eigenvalue weighted by atomic mass is 32.2. The summed E-state index contributed by atoms with van der Waals surface area (Å²) in [5, 5.41) is 3.84. The molecule has 0 aliphatic carbocycles. The molecule has 0 spiro atoms. The summed E-state index contributed by atoms with van der Waals surface area (Å²) >= 11 is 1.53. The van der Waals surface area contributed by atoms with E-state index in [0.717, 1.165) is 27.0 Å². The van der Waals surface area contributed by atoms with Crippen molar-refractivity contribution in [1.82, 2.24) is 9.38 Å². The molecule has 0 radical (unpaired) electrons. The summed E-state index contributed by atoms with van der Waals surface area (Å²) in [6.07, 6.45) is 3.83. The lowest BCUT2D eigenvalue weighted by atomic mass is 10.1. The summed E-state index contributed by atoms with van der Waals surface area (Å²) in [7, 11) is -3.73. The number of thiazole rings is 1. The van der Waals surface area contributed by atoms with Crippen LogP contribution in [0.3, 0.4) is 0 Å². The number of fused-ring (bicyclic) bond motifs is 2. The van der Waals surface area contributed by atoms with Crippen molar-refractivity contribution in [3.63, 3.8) is 0 Å². The molecule has 2 heterocycles. The van der Waals surface area contributed by atoms with Gasteiger partial charge in [-0.05, 0) is 29.0 Å². The minimum absolute atomic E-state index is 0.229. The quantitative estimate of drug-likeness (QED) is 0.457. The standard InChI is InChI=1S/C21H15N3O2S2/c25-28(26,17-10-9-15-5-1-2-6-16(15)13-17)23-19-8-4-3-7-18(19)20-14-24-11-12-27-21(24)22-20/h1-14,23H. The Morgan fingerprint density at radius 1 is 0.929 bits per heavy atom. The molecule has 0 aliphatic rings. The van der Waals surface area contributed by atoms with E-state index in [1.54, 1.807) is 24.3 Å². The monoisotopic (exact) mass is 405 g/mol. The topological polar surface area (TPSA) is 63.5 Å². The molecule has 0 unspecified atom stereocenters. The highest BCUT2D eigenvalue weighted by molar-refractivity contribution is 7.92. The highest BCUT2D eigenvalue weighted by Crippen LogP contribution is 2.30. The molecule has 5 rings (SSSR count). The van der Waals surface area contributed by atoms with E-state index in [2.05, 4.69) is 9.71 Å². The van der Waals surface area contributed by atoms with Gasteiger partial charge in [0.1, 0.15) is 0 Å². The van der Waals surface area contributed by atoms with Crippen molar-refractivity contribution in [3.05, 3.63) is 84.5 Å². The Kier molecular flexibility index (Phi) is 3.92. The number of aromatic nitrogens is 2. The van der Waals surface area contributed by atoms with Crippen molar-refractivity contribution in [2.75, 3.05) is 4.72 Å². The lowest BCUT2D eigenvalue weighted by molar-refractivity contribution is 0.601. The first kappa shape index (κ1) is 17.0. The highest BCUT2D eigenvalue weighted by Gasteiger charge is 2.18. The van der Waals surface area contributed by atoms with E-state index in [0.29, 0.717) is 5.69 Å². The fourth-order valence-corrected chi connectivity index (χ4v) is 5.01. The Morgan fingerprint density at radius 2 is 1.71 bits per heavy atom. The molecule has 1 N–H and O–H groups in total. The van der Waals surface area contributed by atoms with Crippen molar-refractivity contribution in [3.8, 4) is 11.3 Å². The van der Waals surface area contributed by atoms with E-state index in [1.165, 1.54) is 11.3 Å². The SMILES string of the molecule is O=S(=O)(Nc1ccccc1-c1cn2ccsc2n1)c1ccc2ccccc2c1. The number of sulfonamides is 1. The molecule has 0 amide bonds. The van der Waals surface area contributed by atoms with Gasteiger partial charge in [0.05, 0.1) is 16.3 Å². The normalized spacial score (nSPS) is 11.9. The second kappa shape index (κ2) is 6.47. The average molecular weight is 406 g/mol. The van der Waals surface area contributed by atoms with Crippen molar-refractivity contribution < 1.29 is 8.42 Å². The second-order valence-electron chi connectivity index (χ2n) is 6.38. The smallest absolute Gasteiger partial charge is 0.261 e. The summed E-state index contributed by atoms with van der Waals surface area (Å²) in [6.45, 7) is 0. The van der Waals surface area contributed by atoms with E-state index in [1.807, 2.05) is 64.6 Å². The number of para-hydroxylation sites is 1. The zero-order chi connectivity index (χ0) is 19.1. The number of benzene rings is 3. The lowest BCUT2D eigenvalue weighted by Crippen LogP contribution is -2.13. The first-order valence-electron chi connectivity index (χ1n) is 8.63. The summed E-state index contributed by atoms with van der Waals surface area (Å²) in [4.78, 5) is 5.69. The average Bonchev–Trinajstić information content (AvgIpc) is 3.30. The molecule has 0 bridgehead atoms. The second-order valence-corrected chi connectivity index (χ2v) is 8.93. The summed E-state index contributed by atoms with van der Waals surface area (Å²) in [6, 6.07) is 20.1. The Labute approximate surface area is 166 Å². The summed E-state index contributed by atoms with van der Waals surface area (Å²) < 4.78 is 30.7. The maximum atomic E-state index is 13.0. The molecular weight excluding hydrogens is 390 g/mol. The number of imidazole rings is 1. The fraction of sp³-hybridized carbons (Fsp3) is 0. The van der Waals surface area contributed by atoms with Gasteiger partial charge < -0.3 is 0 Å². The van der Waals surface area contributed by atoms with Gasteiger partial charge in [-0.1, -0.05) is 48.5 Å². The van der Waals surface area contributed by atoms with Crippen LogP contribution in [-0.2, 0) is 10.0 Å². The fourth-order valence-electron chi connectivity index (χ4n) is 3.19. The van der Waals surface area contributed by atoms with Crippen molar-refractivity contribution in [2.45, 2.75) is 4.90 Å². The maximum Gasteiger partial charge on any atom is 0.261 e. The molecular formula is C21H15N3O2S2. The minimum atomic E-state index is -3.73. The van der Waals surface area contributed by atoms with Crippen LogP contribution < -0.4 is 4.72 Å². The van der Waals surface area contributed by atoms with Gasteiger partial charge in [-0.3, -0.25) is 9.12 Å². The molecule has 0 aliphatic heterocycles.